The molecule has 65 heavy (non-hydrogen) atoms. The van der Waals surface area contributed by atoms with Gasteiger partial charge >= 0.3 is 105 Å². The second kappa shape index (κ2) is 27.3. The van der Waals surface area contributed by atoms with Crippen LogP contribution in [0.15, 0.2) is 9.98 Å². The molecule has 0 unspecified atom stereocenters. The van der Waals surface area contributed by atoms with Crippen LogP contribution in [-0.2, 0) is 52.6 Å². The van der Waals surface area contributed by atoms with Crippen LogP contribution in [0, 0.1) is 0 Å². The van der Waals surface area contributed by atoms with Crippen molar-refractivity contribution in [3.05, 3.63) is 0 Å². The summed E-state index contributed by atoms with van der Waals surface area (Å²) in [5.74, 6) is -13.1. The van der Waals surface area contributed by atoms with Crippen molar-refractivity contribution in [2.75, 3.05) is 26.4 Å². The van der Waals surface area contributed by atoms with Crippen molar-refractivity contribution in [1.82, 2.24) is 0 Å². The van der Waals surface area contributed by atoms with E-state index in [0.29, 0.717) is 6.04 Å². The fourth-order valence-electron chi connectivity index (χ4n) is 6.86. The Bertz CT molecular complexity index is 1700. The molecule has 0 aromatic heterocycles. The molecule has 17 atom stereocenters. The second-order valence-electron chi connectivity index (χ2n) is 16.2. The van der Waals surface area contributed by atoms with Gasteiger partial charge in [0.2, 0.25) is 5.79 Å². The Morgan fingerprint density at radius 2 is 1.26 bits per heavy atom. The standard InChI is InChI=1S/C33H58N2O25SSi.3Na/c1-13(38)34-20-15(40)8-32(30(47)48,55-12-19-22(42)25(45)26(46)29(56-19)54-6-7-62(3,4)5)58-27(20)23(43)17(10-36)57-33(31(49)50)9-16(41)21(35-14(2)39)28(59-33)24(44)18(11-37)60-61(51,52)53;;;/h15-29,36-37,40-46H,6-12H2,1-5H3,(H,34,38)(H,35,39)(H,47,48)(H,49,50)(H,51,52,53);;;/q;3*+1/p-3/t15-,16-,17+,18+,19+,20+,21+,22+,23+,24+,25-,26+,27+,28+,29+,32+,33+;;;/m0.../s1. The van der Waals surface area contributed by atoms with Gasteiger partial charge in [0.05, 0.1) is 32.0 Å². The number of hydrogen-bond acceptors (Lipinski definition) is 25. The average molecular weight is 1010 g/mol. The monoisotopic (exact) mass is 1010 g/mol. The van der Waals surface area contributed by atoms with Crippen LogP contribution in [0.4, 0.5) is 0 Å². The average Bonchev–Trinajstić information content (AvgIpc) is 3.15. The summed E-state index contributed by atoms with van der Waals surface area (Å²) >= 11 is 0. The molecule has 0 radical (unpaired) electrons. The molecule has 0 saturated carbocycles. The van der Waals surface area contributed by atoms with Gasteiger partial charge in [-0.2, -0.15) is 8.42 Å². The van der Waals surface area contributed by atoms with Crippen molar-refractivity contribution in [3.63, 3.8) is 0 Å². The van der Waals surface area contributed by atoms with E-state index in [1.165, 1.54) is 0 Å². The minimum atomic E-state index is -5.45. The molecule has 0 bridgehead atoms. The third-order valence-electron chi connectivity index (χ3n) is 10.0. The number of carboxylic acid groups (broad SMARTS) is 2. The van der Waals surface area contributed by atoms with Crippen molar-refractivity contribution in [3.8, 4) is 0 Å². The van der Waals surface area contributed by atoms with Crippen LogP contribution in [-0.4, -0.2) is 225 Å². The molecule has 3 rings (SSSR count). The number of nitrogens with zero attached hydrogens (tertiary/aromatic N) is 2. The van der Waals surface area contributed by atoms with Gasteiger partial charge in [-0.05, 0) is 31.7 Å². The summed E-state index contributed by atoms with van der Waals surface area (Å²) in [6.45, 7) is 3.99. The molecule has 3 aliphatic heterocycles. The van der Waals surface area contributed by atoms with Gasteiger partial charge in [0.15, 0.2) is 6.29 Å². The number of aliphatic carboxylic acids is 2. The summed E-state index contributed by atoms with van der Waals surface area (Å²) in [7, 11) is -7.12. The number of aliphatic imine (C=N–C) groups is 2. The van der Waals surface area contributed by atoms with Crippen LogP contribution in [0.25, 0.3) is 0 Å². The third kappa shape index (κ3) is 17.6. The van der Waals surface area contributed by atoms with Gasteiger partial charge in [-0.15, -0.1) is 0 Å². The third-order valence-corrected chi connectivity index (χ3v) is 12.2. The molecule has 0 amide bonds. The molecular weight excluding hydrogens is 953 g/mol. The van der Waals surface area contributed by atoms with Crippen LogP contribution >= 0.6 is 0 Å². The Hall–Kier alpha value is 0.367. The largest absolute Gasteiger partial charge is 1.00 e. The number of aliphatic hydroxyl groups excluding tert-OH is 9. The summed E-state index contributed by atoms with van der Waals surface area (Å²) in [6.07, 6.45) is -30.2. The summed E-state index contributed by atoms with van der Waals surface area (Å²) in [6, 6.07) is -3.33. The summed E-state index contributed by atoms with van der Waals surface area (Å²) in [5.41, 5.74) is 0. The quantitative estimate of drug-likeness (QED) is 0.0220. The molecule has 3 aliphatic rings. The van der Waals surface area contributed by atoms with E-state index in [4.69, 9.17) is 33.0 Å². The zero-order valence-corrected chi connectivity index (χ0v) is 44.9. The van der Waals surface area contributed by atoms with E-state index in [1.54, 1.807) is 0 Å². The van der Waals surface area contributed by atoms with E-state index in [2.05, 4.69) is 14.2 Å². The molecule has 27 nitrogen and oxygen atoms in total. The van der Waals surface area contributed by atoms with Crippen LogP contribution in [0.2, 0.25) is 25.7 Å². The number of hydrogen-bond donors (Lipinski definition) is 11. The van der Waals surface area contributed by atoms with Gasteiger partial charge in [-0.3, -0.25) is 14.5 Å². The zero-order valence-electron chi connectivity index (χ0n) is 37.0. The Balaban J connectivity index is 0.0000137. The van der Waals surface area contributed by atoms with Gasteiger partial charge in [-0.25, -0.2) is 8.98 Å². The van der Waals surface area contributed by atoms with Crippen LogP contribution < -0.4 is 104 Å². The molecule has 0 aliphatic carbocycles. The van der Waals surface area contributed by atoms with Crippen LogP contribution in [0.1, 0.15) is 26.7 Å². The summed E-state index contributed by atoms with van der Waals surface area (Å²) < 4.78 is 69.5. The van der Waals surface area contributed by atoms with Crippen molar-refractivity contribution in [2.24, 2.45) is 9.98 Å². The first-order valence-electron chi connectivity index (χ1n) is 19.0. The second-order valence-corrected chi connectivity index (χ2v) is 22.8. The zero-order chi connectivity index (χ0) is 47.3. The minimum absolute atomic E-state index is 0. The van der Waals surface area contributed by atoms with E-state index in [0.717, 1.165) is 13.8 Å². The van der Waals surface area contributed by atoms with E-state index < -0.39 is 178 Å². The molecule has 0 aromatic carbocycles. The molecule has 3 saturated heterocycles. The van der Waals surface area contributed by atoms with Gasteiger partial charge < -0.3 is 99.6 Å². The maximum absolute atomic E-state index is 12.9. The molecule has 11 N–H and O–H groups in total. The van der Waals surface area contributed by atoms with Gasteiger partial charge in [-0.1, -0.05) is 19.6 Å². The Morgan fingerprint density at radius 3 is 1.68 bits per heavy atom. The van der Waals surface area contributed by atoms with Crippen molar-refractivity contribution >= 4 is 42.2 Å². The molecule has 3 heterocycles. The number of aliphatic hydroxyl groups is 9. The molecule has 0 aromatic rings. The van der Waals surface area contributed by atoms with E-state index in [9.17, 15) is 84.4 Å². The van der Waals surface area contributed by atoms with Crippen LogP contribution in [0.5, 0.6) is 0 Å². The summed E-state index contributed by atoms with van der Waals surface area (Å²) in [4.78, 5) is 32.9. The molecule has 360 valence electrons. The minimum Gasteiger partial charge on any atom is -0.862 e. The smallest absolute Gasteiger partial charge is 0.862 e. The Labute approximate surface area is 440 Å². The van der Waals surface area contributed by atoms with E-state index in [-0.39, 0.29) is 95.3 Å². The molecule has 0 spiro atoms. The summed E-state index contributed by atoms with van der Waals surface area (Å²) in [5, 5.41) is 144. The number of carboxylic acids is 2. The van der Waals surface area contributed by atoms with E-state index in [1.807, 2.05) is 19.6 Å². The fraction of sp³-hybridized carbons (Fsp3) is 0.879. The van der Waals surface area contributed by atoms with Crippen molar-refractivity contribution in [1.29, 1.82) is 0 Å². The predicted octanol–water partition coefficient (Wildman–Crippen LogP) is -17.7. The maximum atomic E-state index is 12.9. The number of rotatable bonds is 21. The molecule has 32 heteroatoms. The first-order chi connectivity index (χ1) is 28.5. The van der Waals surface area contributed by atoms with Crippen LogP contribution in [0.3, 0.4) is 0 Å². The molecular formula is C33H55N2Na3O25SSi. The SMILES string of the molecule is CC([O-])=N[C@H]1[C@H]([C@H](O)[C@@H](CO)O[C@]2(C(=O)O)C[C@H](O)[C@@H](N=C(C)[O-])[C@H]([C@H](O)[C@@H](CO)OS(=O)(=O)O)O2)O[C@@](OC[C@H]2O[C@@H](OCC[Si](C)(C)C)[C@H](O)[C@@H](O)[C@@H]2O)(C(=O)[O-])C[C@@H]1O.[Na+].[Na+].[Na+]. The van der Waals surface area contributed by atoms with E-state index >= 15 is 0 Å². The maximum Gasteiger partial charge on any atom is 1.00 e. The molecule has 3 fully saturated rings. The van der Waals surface area contributed by atoms with Gasteiger partial charge in [0.1, 0.15) is 79.1 Å². The van der Waals surface area contributed by atoms with Crippen molar-refractivity contribution < 1.29 is 210 Å². The Kier molecular flexibility index (Phi) is 27.4. The number of ether oxygens (including phenoxy) is 6. The number of carbonyl (C=O) groups is 2. The number of carbonyl (C=O) groups excluding carboxylic acids is 1. The van der Waals surface area contributed by atoms with Gasteiger partial charge in [0, 0.05) is 27.5 Å². The normalized spacial score (nSPS) is 35.6. The van der Waals surface area contributed by atoms with Gasteiger partial charge in [0.25, 0.3) is 5.79 Å². The predicted molar refractivity (Wildman–Crippen MR) is 197 cm³/mol. The topological polar surface area (TPSA) is 449 Å². The first-order valence-corrected chi connectivity index (χ1v) is 24.0. The fourth-order valence-corrected chi connectivity index (χ4v) is 8.08. The Morgan fingerprint density at radius 1 is 0.800 bits per heavy atom. The van der Waals surface area contributed by atoms with Crippen molar-refractivity contribution in [2.45, 2.75) is 156 Å². The first kappa shape index (κ1) is 65.4.